The Morgan fingerprint density at radius 3 is 2.69 bits per heavy atom. The molecule has 1 aromatic rings. The summed E-state index contributed by atoms with van der Waals surface area (Å²) >= 11 is 6.04. The van der Waals surface area contributed by atoms with Crippen LogP contribution in [-0.4, -0.2) is 16.3 Å². The van der Waals surface area contributed by atoms with Gasteiger partial charge >= 0.3 is 0 Å². The van der Waals surface area contributed by atoms with E-state index < -0.39 is 0 Å². The fraction of sp³-hybridized carbons (Fsp3) is 0.444. The van der Waals surface area contributed by atoms with Crippen LogP contribution >= 0.6 is 11.6 Å². The second kappa shape index (κ2) is 3.94. The van der Waals surface area contributed by atoms with Crippen LogP contribution < -0.4 is 5.73 Å². The molecule has 0 aliphatic rings. The third-order valence-electron chi connectivity index (χ3n) is 1.95. The molecule has 0 radical (unpaired) electrons. The Morgan fingerprint density at radius 2 is 2.31 bits per heavy atom. The maximum absolute atomic E-state index is 6.04. The normalized spacial score (nSPS) is 10.5. The number of rotatable bonds is 3. The zero-order valence-corrected chi connectivity index (χ0v) is 8.73. The summed E-state index contributed by atoms with van der Waals surface area (Å²) in [7, 11) is 1.81. The molecule has 72 valence electrons. The molecule has 13 heavy (non-hydrogen) atoms. The van der Waals surface area contributed by atoms with E-state index in [9.17, 15) is 0 Å². The number of nitrogens with zero attached hydrogens (tertiary/aromatic N) is 2. The predicted octanol–water partition coefficient (Wildman–Crippen LogP) is 1.74. The smallest absolute Gasteiger partial charge is 0.134 e. The largest absolute Gasteiger partial charge is 0.330 e. The molecule has 2 N–H and O–H groups in total. The molecule has 0 bridgehead atoms. The first kappa shape index (κ1) is 10.3. The van der Waals surface area contributed by atoms with Crippen molar-refractivity contribution >= 4 is 17.2 Å². The molecule has 0 atom stereocenters. The van der Waals surface area contributed by atoms with Gasteiger partial charge in [0.05, 0.1) is 5.69 Å². The second-order valence-electron chi connectivity index (χ2n) is 3.02. The van der Waals surface area contributed by atoms with Crippen molar-refractivity contribution in [2.24, 2.45) is 12.8 Å². The van der Waals surface area contributed by atoms with Crippen molar-refractivity contribution in [3.63, 3.8) is 0 Å². The van der Waals surface area contributed by atoms with Gasteiger partial charge in [0.25, 0.3) is 0 Å². The molecule has 1 aromatic heterocycles. The van der Waals surface area contributed by atoms with E-state index in [0.29, 0.717) is 11.7 Å². The van der Waals surface area contributed by atoms with Gasteiger partial charge in [0.15, 0.2) is 0 Å². The van der Waals surface area contributed by atoms with E-state index in [-0.39, 0.29) is 0 Å². The lowest BCUT2D eigenvalue weighted by Gasteiger charge is -2.02. The topological polar surface area (TPSA) is 43.8 Å². The minimum atomic E-state index is 0.587. The van der Waals surface area contributed by atoms with Crippen LogP contribution in [0.1, 0.15) is 17.7 Å². The third kappa shape index (κ3) is 1.92. The van der Waals surface area contributed by atoms with E-state index in [0.717, 1.165) is 23.3 Å². The zero-order chi connectivity index (χ0) is 10.0. The first-order chi connectivity index (χ1) is 6.07. The van der Waals surface area contributed by atoms with Crippen molar-refractivity contribution in [2.45, 2.75) is 13.3 Å². The first-order valence-electron chi connectivity index (χ1n) is 4.15. The monoisotopic (exact) mass is 199 g/mol. The van der Waals surface area contributed by atoms with Gasteiger partial charge in [-0.3, -0.25) is 4.68 Å². The highest BCUT2D eigenvalue weighted by atomic mass is 35.5. The first-order valence-corrected chi connectivity index (χ1v) is 4.53. The Bertz CT molecular complexity index is 328. The van der Waals surface area contributed by atoms with Crippen LogP contribution in [0.15, 0.2) is 6.58 Å². The quantitative estimate of drug-likeness (QED) is 0.806. The van der Waals surface area contributed by atoms with Gasteiger partial charge in [-0.1, -0.05) is 18.2 Å². The molecule has 1 rings (SSSR count). The van der Waals surface area contributed by atoms with Crippen LogP contribution in [-0.2, 0) is 7.05 Å². The van der Waals surface area contributed by atoms with Crippen molar-refractivity contribution in [2.75, 3.05) is 6.54 Å². The van der Waals surface area contributed by atoms with Crippen molar-refractivity contribution in [1.82, 2.24) is 9.78 Å². The van der Waals surface area contributed by atoms with Gasteiger partial charge in [0.1, 0.15) is 5.15 Å². The molecule has 0 saturated heterocycles. The Hall–Kier alpha value is -0.800. The fourth-order valence-electron chi connectivity index (χ4n) is 1.33. The lowest BCUT2D eigenvalue weighted by Crippen LogP contribution is -1.99. The predicted molar refractivity (Wildman–Crippen MR) is 55.7 cm³/mol. The highest BCUT2D eigenvalue weighted by molar-refractivity contribution is 6.31. The van der Waals surface area contributed by atoms with Gasteiger partial charge in [-0.2, -0.15) is 5.10 Å². The molecule has 0 aliphatic carbocycles. The molecule has 0 aliphatic heterocycles. The number of nitrogens with two attached hydrogens (primary N) is 1. The number of hydrogen-bond acceptors (Lipinski definition) is 2. The van der Waals surface area contributed by atoms with E-state index in [1.807, 2.05) is 14.0 Å². The highest BCUT2D eigenvalue weighted by Gasteiger charge is 2.12. The number of aryl methyl sites for hydroxylation is 2. The lowest BCUT2D eigenvalue weighted by molar-refractivity contribution is 0.757. The molecule has 4 heteroatoms. The van der Waals surface area contributed by atoms with Crippen molar-refractivity contribution in [3.05, 3.63) is 23.0 Å². The summed E-state index contributed by atoms with van der Waals surface area (Å²) in [6, 6.07) is 0. The molecule has 0 unspecified atom stereocenters. The summed E-state index contributed by atoms with van der Waals surface area (Å²) in [5, 5.41) is 4.83. The highest BCUT2D eigenvalue weighted by Crippen LogP contribution is 2.26. The molecular formula is C9H14ClN3. The summed E-state index contributed by atoms with van der Waals surface area (Å²) in [5.41, 5.74) is 8.25. The van der Waals surface area contributed by atoms with Gasteiger partial charge in [0, 0.05) is 12.6 Å². The number of hydrogen-bond donors (Lipinski definition) is 1. The molecule has 0 amide bonds. The van der Waals surface area contributed by atoms with Gasteiger partial charge in [0.2, 0.25) is 0 Å². The Balaban J connectivity index is 3.06. The third-order valence-corrected chi connectivity index (χ3v) is 2.39. The van der Waals surface area contributed by atoms with Crippen molar-refractivity contribution in [3.8, 4) is 0 Å². The van der Waals surface area contributed by atoms with Crippen LogP contribution in [0.4, 0.5) is 0 Å². The molecule has 0 fully saturated rings. The van der Waals surface area contributed by atoms with Crippen LogP contribution in [0.25, 0.3) is 5.57 Å². The van der Waals surface area contributed by atoms with Gasteiger partial charge in [-0.15, -0.1) is 0 Å². The summed E-state index contributed by atoms with van der Waals surface area (Å²) in [4.78, 5) is 0. The Morgan fingerprint density at radius 1 is 1.69 bits per heavy atom. The summed E-state index contributed by atoms with van der Waals surface area (Å²) < 4.78 is 1.65. The zero-order valence-electron chi connectivity index (χ0n) is 7.97. The molecule has 0 spiro atoms. The Labute approximate surface area is 83.2 Å². The molecular weight excluding hydrogens is 186 g/mol. The number of aromatic nitrogens is 2. The summed E-state index contributed by atoms with van der Waals surface area (Å²) in [6.07, 6.45) is 0.756. The van der Waals surface area contributed by atoms with E-state index in [2.05, 4.69) is 11.7 Å². The van der Waals surface area contributed by atoms with Crippen LogP contribution in [0.3, 0.4) is 0 Å². The van der Waals surface area contributed by atoms with E-state index in [4.69, 9.17) is 17.3 Å². The van der Waals surface area contributed by atoms with Gasteiger partial charge in [-0.05, 0) is 25.5 Å². The molecule has 1 heterocycles. The summed E-state index contributed by atoms with van der Waals surface area (Å²) in [5.74, 6) is 0. The Kier molecular flexibility index (Phi) is 3.12. The van der Waals surface area contributed by atoms with Crippen molar-refractivity contribution < 1.29 is 0 Å². The minimum absolute atomic E-state index is 0.587. The second-order valence-corrected chi connectivity index (χ2v) is 3.38. The van der Waals surface area contributed by atoms with E-state index in [1.165, 1.54) is 0 Å². The minimum Gasteiger partial charge on any atom is -0.330 e. The molecule has 3 nitrogen and oxygen atoms in total. The maximum atomic E-state index is 6.04. The van der Waals surface area contributed by atoms with Crippen LogP contribution in [0, 0.1) is 6.92 Å². The lowest BCUT2D eigenvalue weighted by atomic mass is 10.1. The SMILES string of the molecule is C=C(CCN)c1c(C)nn(C)c1Cl. The average Bonchev–Trinajstić information content (AvgIpc) is 2.27. The van der Waals surface area contributed by atoms with Gasteiger partial charge in [-0.25, -0.2) is 0 Å². The average molecular weight is 200 g/mol. The van der Waals surface area contributed by atoms with E-state index >= 15 is 0 Å². The van der Waals surface area contributed by atoms with Gasteiger partial charge < -0.3 is 5.73 Å². The maximum Gasteiger partial charge on any atom is 0.134 e. The van der Waals surface area contributed by atoms with Crippen LogP contribution in [0.5, 0.6) is 0 Å². The standard InChI is InChI=1S/C9H14ClN3/c1-6(4-5-11)8-7(2)12-13(3)9(8)10/h1,4-5,11H2,2-3H3. The van der Waals surface area contributed by atoms with Crippen molar-refractivity contribution in [1.29, 1.82) is 0 Å². The summed E-state index contributed by atoms with van der Waals surface area (Å²) in [6.45, 7) is 6.44. The number of halogens is 1. The van der Waals surface area contributed by atoms with Crippen LogP contribution in [0.2, 0.25) is 5.15 Å². The molecule has 0 aromatic carbocycles. The van der Waals surface area contributed by atoms with E-state index in [1.54, 1.807) is 4.68 Å². The molecule has 0 saturated carbocycles. The fourth-order valence-corrected chi connectivity index (χ4v) is 1.64.